The average molecular weight is 425 g/mol. The topological polar surface area (TPSA) is 66.5 Å². The Balaban J connectivity index is 0.00000420. The van der Waals surface area contributed by atoms with Crippen molar-refractivity contribution in [3.63, 3.8) is 0 Å². The minimum Gasteiger partial charge on any atom is -0.493 e. The maximum absolute atomic E-state index is 13.3. The van der Waals surface area contributed by atoms with Gasteiger partial charge in [-0.2, -0.15) is 0 Å². The molecule has 164 valence electrons. The Kier molecular flexibility index (Phi) is 9.50. The Bertz CT molecular complexity index is 854. The van der Waals surface area contributed by atoms with Crippen molar-refractivity contribution >= 4 is 23.2 Å². The van der Waals surface area contributed by atoms with Gasteiger partial charge >= 0.3 is 0 Å². The van der Waals surface area contributed by atoms with E-state index in [1.807, 2.05) is 18.2 Å². The van der Waals surface area contributed by atoms with Gasteiger partial charge in [-0.15, -0.1) is 12.4 Å². The Morgan fingerprint density at radius 2 is 1.83 bits per heavy atom. The summed E-state index contributed by atoms with van der Waals surface area (Å²) in [5, 5.41) is 1.43. The quantitative estimate of drug-likeness (QED) is 0.566. The first kappa shape index (κ1) is 25.3. The van der Waals surface area contributed by atoms with Crippen LogP contribution < -0.4 is 20.8 Å². The fourth-order valence-electron chi connectivity index (χ4n) is 3.12. The molecule has 0 aliphatic carbocycles. The molecule has 5 nitrogen and oxygen atoms in total. The minimum atomic E-state index is -0.0531. The van der Waals surface area contributed by atoms with E-state index in [1.165, 1.54) is 0 Å². The van der Waals surface area contributed by atoms with Crippen LogP contribution in [0.4, 0.5) is 0 Å². The van der Waals surface area contributed by atoms with E-state index in [9.17, 15) is 4.79 Å². The van der Waals surface area contributed by atoms with Crippen LogP contribution in [0.2, 0.25) is 0 Å². The molecular formula is C23H37ClN2O3. The lowest BCUT2D eigenvalue weighted by Gasteiger charge is -2.25. The van der Waals surface area contributed by atoms with Gasteiger partial charge < -0.3 is 19.8 Å². The number of halogens is 1. The highest BCUT2D eigenvalue weighted by Crippen LogP contribution is 2.32. The van der Waals surface area contributed by atoms with Gasteiger partial charge in [-0.3, -0.25) is 4.79 Å². The lowest BCUT2D eigenvalue weighted by molar-refractivity contribution is 0.271. The van der Waals surface area contributed by atoms with E-state index >= 15 is 0 Å². The van der Waals surface area contributed by atoms with Gasteiger partial charge in [-0.05, 0) is 36.0 Å². The van der Waals surface area contributed by atoms with Crippen LogP contribution in [0.1, 0.15) is 60.1 Å². The average Bonchev–Trinajstić information content (AvgIpc) is 2.62. The van der Waals surface area contributed by atoms with Crippen LogP contribution >= 0.6 is 12.4 Å². The van der Waals surface area contributed by atoms with Crippen LogP contribution in [-0.2, 0) is 13.1 Å². The highest BCUT2D eigenvalue weighted by molar-refractivity contribution is 5.89. The van der Waals surface area contributed by atoms with Crippen molar-refractivity contribution in [1.29, 1.82) is 0 Å². The molecule has 0 amide bonds. The Morgan fingerprint density at radius 1 is 1.14 bits per heavy atom. The van der Waals surface area contributed by atoms with E-state index in [4.69, 9.17) is 15.2 Å². The first-order valence-electron chi connectivity index (χ1n) is 10.3. The van der Waals surface area contributed by atoms with Gasteiger partial charge in [0, 0.05) is 18.5 Å². The van der Waals surface area contributed by atoms with Gasteiger partial charge in [0.05, 0.1) is 24.3 Å². The van der Waals surface area contributed by atoms with E-state index in [2.05, 4.69) is 41.5 Å². The number of ether oxygens (including phenoxy) is 2. The number of nitrogens with zero attached hydrogens (tertiary/aromatic N) is 1. The molecule has 0 fully saturated rings. The molecule has 0 atom stereocenters. The van der Waals surface area contributed by atoms with E-state index in [-0.39, 0.29) is 29.9 Å². The first-order chi connectivity index (χ1) is 13.2. The molecule has 1 aromatic carbocycles. The maximum Gasteiger partial charge on any atom is 0.258 e. The third kappa shape index (κ3) is 6.65. The van der Waals surface area contributed by atoms with Crippen LogP contribution in [0.25, 0.3) is 10.8 Å². The molecule has 1 heterocycles. The summed E-state index contributed by atoms with van der Waals surface area (Å²) in [6.07, 6.45) is 1.99. The molecular weight excluding hydrogens is 388 g/mol. The predicted octanol–water partition coefficient (Wildman–Crippen LogP) is 5.14. The Hall–Kier alpha value is -1.72. The molecule has 0 saturated heterocycles. The lowest BCUT2D eigenvalue weighted by atomic mass is 9.96. The molecule has 0 aliphatic rings. The van der Waals surface area contributed by atoms with Crippen LogP contribution in [0.5, 0.6) is 11.5 Å². The molecule has 0 spiro atoms. The molecule has 0 saturated carbocycles. The Morgan fingerprint density at radius 3 is 2.38 bits per heavy atom. The molecule has 0 unspecified atom stereocenters. The number of rotatable bonds is 9. The fourth-order valence-corrected chi connectivity index (χ4v) is 3.12. The van der Waals surface area contributed by atoms with E-state index < -0.39 is 0 Å². The van der Waals surface area contributed by atoms with Gasteiger partial charge in [0.2, 0.25) is 0 Å². The number of hydrogen-bond acceptors (Lipinski definition) is 4. The third-order valence-electron chi connectivity index (χ3n) is 4.45. The van der Waals surface area contributed by atoms with Crippen molar-refractivity contribution in [2.75, 3.05) is 13.2 Å². The van der Waals surface area contributed by atoms with E-state index in [0.29, 0.717) is 36.8 Å². The number of hydrogen-bond donors (Lipinski definition) is 1. The summed E-state index contributed by atoms with van der Waals surface area (Å²) in [4.78, 5) is 13.3. The number of benzene rings is 1. The molecule has 0 bridgehead atoms. The summed E-state index contributed by atoms with van der Waals surface area (Å²) >= 11 is 0. The van der Waals surface area contributed by atoms with Crippen LogP contribution in [0.3, 0.4) is 0 Å². The molecule has 6 heteroatoms. The number of aromatic nitrogens is 1. The largest absolute Gasteiger partial charge is 0.493 e. The van der Waals surface area contributed by atoms with Crippen molar-refractivity contribution in [2.24, 2.45) is 17.1 Å². The van der Waals surface area contributed by atoms with Crippen molar-refractivity contribution in [2.45, 2.75) is 67.5 Å². The van der Waals surface area contributed by atoms with Crippen molar-refractivity contribution in [1.82, 2.24) is 4.57 Å². The maximum atomic E-state index is 13.3. The molecule has 1 aromatic heterocycles. The van der Waals surface area contributed by atoms with Crippen LogP contribution in [-0.4, -0.2) is 17.8 Å². The summed E-state index contributed by atoms with van der Waals surface area (Å²) < 4.78 is 13.9. The monoisotopic (exact) mass is 424 g/mol. The lowest BCUT2D eigenvalue weighted by Crippen LogP contribution is -2.31. The summed E-state index contributed by atoms with van der Waals surface area (Å²) in [6, 6.07) is 5.63. The molecule has 2 rings (SSSR count). The first-order valence-corrected chi connectivity index (χ1v) is 10.3. The van der Waals surface area contributed by atoms with Gasteiger partial charge in [-0.25, -0.2) is 0 Å². The minimum absolute atomic E-state index is 0. The predicted molar refractivity (Wildman–Crippen MR) is 124 cm³/mol. The highest BCUT2D eigenvalue weighted by atomic mass is 35.5. The summed E-state index contributed by atoms with van der Waals surface area (Å²) in [5.74, 6) is 1.89. The standard InChI is InChI=1S/C23H36N2O3.ClH/c1-7-8-11-27-21-19-12-17(28-14-16(2)3)9-10-18(19)22(26)25(20(21)13-24)15-23(4,5)6;/h9-10,12,16H,7-8,11,13-15,24H2,1-6H3;1H. The second-order valence-corrected chi connectivity index (χ2v) is 9.05. The second-order valence-electron chi connectivity index (χ2n) is 9.05. The smallest absolute Gasteiger partial charge is 0.258 e. The number of fused-ring (bicyclic) bond motifs is 1. The van der Waals surface area contributed by atoms with Gasteiger partial charge in [-0.1, -0.05) is 48.0 Å². The van der Waals surface area contributed by atoms with Gasteiger partial charge in [0.25, 0.3) is 5.56 Å². The summed E-state index contributed by atoms with van der Waals surface area (Å²) in [7, 11) is 0. The zero-order valence-electron chi connectivity index (χ0n) is 18.7. The number of unbranched alkanes of at least 4 members (excludes halogenated alkanes) is 1. The normalized spacial score (nSPS) is 11.6. The summed E-state index contributed by atoms with van der Waals surface area (Å²) in [5.41, 5.74) is 6.78. The third-order valence-corrected chi connectivity index (χ3v) is 4.45. The number of nitrogens with two attached hydrogens (primary N) is 1. The van der Waals surface area contributed by atoms with Crippen LogP contribution in [0.15, 0.2) is 23.0 Å². The SMILES string of the molecule is CCCCOc1c(CN)n(CC(C)(C)C)c(=O)c2ccc(OCC(C)C)cc12.Cl. The van der Waals surface area contributed by atoms with Gasteiger partial charge in [0.1, 0.15) is 11.5 Å². The van der Waals surface area contributed by atoms with Crippen LogP contribution in [0, 0.1) is 11.3 Å². The molecule has 2 aromatic rings. The zero-order valence-corrected chi connectivity index (χ0v) is 19.5. The zero-order chi connectivity index (χ0) is 20.9. The van der Waals surface area contributed by atoms with E-state index in [1.54, 1.807) is 4.57 Å². The molecule has 2 N–H and O–H groups in total. The van der Waals surface area contributed by atoms with Crippen molar-refractivity contribution in [3.05, 3.63) is 34.2 Å². The van der Waals surface area contributed by atoms with Crippen molar-refractivity contribution < 1.29 is 9.47 Å². The highest BCUT2D eigenvalue weighted by Gasteiger charge is 2.21. The van der Waals surface area contributed by atoms with E-state index in [0.717, 1.165) is 29.7 Å². The summed E-state index contributed by atoms with van der Waals surface area (Å²) in [6.45, 7) is 14.8. The van der Waals surface area contributed by atoms with Crippen molar-refractivity contribution in [3.8, 4) is 11.5 Å². The number of pyridine rings is 1. The fraction of sp³-hybridized carbons (Fsp3) is 0.609. The molecule has 0 radical (unpaired) electrons. The van der Waals surface area contributed by atoms with Gasteiger partial charge in [0.15, 0.2) is 0 Å². The molecule has 29 heavy (non-hydrogen) atoms. The molecule has 0 aliphatic heterocycles. The second kappa shape index (κ2) is 10.9. The Labute approximate surface area is 181 Å².